The third kappa shape index (κ3) is 5.10. The molecule has 1 saturated heterocycles. The highest BCUT2D eigenvalue weighted by molar-refractivity contribution is 5.24. The average molecular weight is 289 g/mol. The normalized spacial score (nSPS) is 18.1. The van der Waals surface area contributed by atoms with Crippen molar-refractivity contribution in [3.05, 3.63) is 35.4 Å². The molecule has 1 fully saturated rings. The average Bonchev–Trinajstić information content (AvgIpc) is 2.54. The van der Waals surface area contributed by atoms with Gasteiger partial charge in [-0.2, -0.15) is 0 Å². The Morgan fingerprint density at radius 3 is 2.48 bits per heavy atom. The predicted molar refractivity (Wildman–Crippen MR) is 90.8 cm³/mol. The van der Waals surface area contributed by atoms with Crippen LogP contribution in [0.25, 0.3) is 0 Å². The van der Waals surface area contributed by atoms with Crippen molar-refractivity contribution in [2.45, 2.75) is 32.7 Å². The molecule has 0 amide bonds. The van der Waals surface area contributed by atoms with E-state index in [1.807, 2.05) is 0 Å². The Kier molecular flexibility index (Phi) is 6.68. The van der Waals surface area contributed by atoms with Crippen molar-refractivity contribution >= 4 is 0 Å². The van der Waals surface area contributed by atoms with Crippen LogP contribution in [0.15, 0.2) is 24.3 Å². The van der Waals surface area contributed by atoms with Gasteiger partial charge >= 0.3 is 0 Å². The third-order valence-electron chi connectivity index (χ3n) is 4.64. The van der Waals surface area contributed by atoms with E-state index in [-0.39, 0.29) is 0 Å². The van der Waals surface area contributed by atoms with Crippen LogP contribution in [0.3, 0.4) is 0 Å². The van der Waals surface area contributed by atoms with E-state index in [9.17, 15) is 0 Å². The highest BCUT2D eigenvalue weighted by atomic mass is 15.2. The van der Waals surface area contributed by atoms with E-state index >= 15 is 0 Å². The summed E-state index contributed by atoms with van der Waals surface area (Å²) < 4.78 is 0. The topological polar surface area (TPSA) is 18.5 Å². The van der Waals surface area contributed by atoms with Gasteiger partial charge in [0.15, 0.2) is 0 Å². The summed E-state index contributed by atoms with van der Waals surface area (Å²) in [6, 6.07) is 9.68. The summed E-state index contributed by atoms with van der Waals surface area (Å²) in [6.07, 6.45) is 2.41. The first-order chi connectivity index (χ1) is 10.2. The lowest BCUT2D eigenvalue weighted by Gasteiger charge is -2.31. The molecular weight excluding hydrogens is 258 g/mol. The van der Waals surface area contributed by atoms with Crippen LogP contribution in [0.1, 0.15) is 37.4 Å². The predicted octanol–water partition coefficient (Wildman–Crippen LogP) is 2.54. The molecule has 0 aromatic heterocycles. The summed E-state index contributed by atoms with van der Waals surface area (Å²) in [5, 5.41) is 3.41. The zero-order valence-electron chi connectivity index (χ0n) is 13.9. The third-order valence-corrected chi connectivity index (χ3v) is 4.64. The fourth-order valence-electron chi connectivity index (χ4n) is 2.93. The van der Waals surface area contributed by atoms with Gasteiger partial charge in [0.2, 0.25) is 0 Å². The minimum absolute atomic E-state index is 0.489. The summed E-state index contributed by atoms with van der Waals surface area (Å²) in [6.45, 7) is 11.5. The minimum atomic E-state index is 0.489. The van der Waals surface area contributed by atoms with Crippen LogP contribution in [0.2, 0.25) is 0 Å². The molecule has 3 heteroatoms. The molecule has 21 heavy (non-hydrogen) atoms. The Bertz CT molecular complexity index is 395. The maximum Gasteiger partial charge on any atom is 0.0317 e. The Labute approximate surface area is 130 Å². The van der Waals surface area contributed by atoms with Crippen LogP contribution < -0.4 is 5.32 Å². The van der Waals surface area contributed by atoms with E-state index in [1.165, 1.54) is 43.6 Å². The van der Waals surface area contributed by atoms with Gasteiger partial charge in [-0.25, -0.2) is 0 Å². The number of likely N-dealkylation sites (N-methyl/N-ethyl adjacent to an activating group) is 1. The second kappa shape index (κ2) is 8.52. The smallest absolute Gasteiger partial charge is 0.0317 e. The first kappa shape index (κ1) is 16.5. The van der Waals surface area contributed by atoms with Gasteiger partial charge in [0.1, 0.15) is 0 Å². The molecule has 2 rings (SSSR count). The van der Waals surface area contributed by atoms with E-state index < -0.39 is 0 Å². The summed E-state index contributed by atoms with van der Waals surface area (Å²) in [5.74, 6) is 0. The SMILES string of the molecule is CCCc1ccc(C(C)N(C)CCN2CCNCC2)cc1. The quantitative estimate of drug-likeness (QED) is 0.832. The lowest BCUT2D eigenvalue weighted by Crippen LogP contribution is -2.46. The molecule has 1 N–H and O–H groups in total. The molecule has 0 bridgehead atoms. The first-order valence-electron chi connectivity index (χ1n) is 8.43. The van der Waals surface area contributed by atoms with Crippen LogP contribution >= 0.6 is 0 Å². The standard InChI is InChI=1S/C18H31N3/c1-4-5-17-6-8-18(9-7-17)16(2)20(3)14-15-21-12-10-19-11-13-21/h6-9,16,19H,4-5,10-15H2,1-3H3. The lowest BCUT2D eigenvalue weighted by molar-refractivity contribution is 0.183. The molecule has 1 aromatic rings. The fraction of sp³-hybridized carbons (Fsp3) is 0.667. The van der Waals surface area contributed by atoms with Gasteiger partial charge in [-0.05, 0) is 31.5 Å². The van der Waals surface area contributed by atoms with Gasteiger partial charge < -0.3 is 5.32 Å². The number of nitrogens with one attached hydrogen (secondary N) is 1. The Morgan fingerprint density at radius 2 is 1.86 bits per heavy atom. The van der Waals surface area contributed by atoms with Gasteiger partial charge in [0.25, 0.3) is 0 Å². The van der Waals surface area contributed by atoms with Crippen LogP contribution in [0, 0.1) is 0 Å². The number of piperazine rings is 1. The zero-order chi connectivity index (χ0) is 15.1. The Balaban J connectivity index is 1.81. The van der Waals surface area contributed by atoms with Crippen molar-refractivity contribution in [2.24, 2.45) is 0 Å². The molecule has 1 aromatic carbocycles. The largest absolute Gasteiger partial charge is 0.314 e. The number of hydrogen-bond donors (Lipinski definition) is 1. The second-order valence-corrected chi connectivity index (χ2v) is 6.24. The first-order valence-corrected chi connectivity index (χ1v) is 8.43. The number of hydrogen-bond acceptors (Lipinski definition) is 3. The summed E-state index contributed by atoms with van der Waals surface area (Å²) >= 11 is 0. The van der Waals surface area contributed by atoms with E-state index in [0.29, 0.717) is 6.04 Å². The highest BCUT2D eigenvalue weighted by Crippen LogP contribution is 2.19. The van der Waals surface area contributed by atoms with E-state index in [2.05, 4.69) is 60.3 Å². The maximum absolute atomic E-state index is 3.41. The van der Waals surface area contributed by atoms with Crippen molar-refractivity contribution in [2.75, 3.05) is 46.3 Å². The number of aryl methyl sites for hydroxylation is 1. The number of rotatable bonds is 7. The highest BCUT2D eigenvalue weighted by Gasteiger charge is 2.14. The molecule has 0 saturated carbocycles. The van der Waals surface area contributed by atoms with Crippen molar-refractivity contribution in [1.29, 1.82) is 0 Å². The second-order valence-electron chi connectivity index (χ2n) is 6.24. The number of benzene rings is 1. The lowest BCUT2D eigenvalue weighted by atomic mass is 10.0. The van der Waals surface area contributed by atoms with E-state index in [0.717, 1.165) is 19.6 Å². The molecule has 1 atom stereocenters. The maximum atomic E-state index is 3.41. The monoisotopic (exact) mass is 289 g/mol. The molecular formula is C18H31N3. The van der Waals surface area contributed by atoms with E-state index in [4.69, 9.17) is 0 Å². The molecule has 3 nitrogen and oxygen atoms in total. The van der Waals surface area contributed by atoms with Crippen LogP contribution in [-0.4, -0.2) is 56.1 Å². The summed E-state index contributed by atoms with van der Waals surface area (Å²) in [5.41, 5.74) is 2.88. The fourth-order valence-corrected chi connectivity index (χ4v) is 2.93. The molecule has 1 unspecified atom stereocenters. The van der Waals surface area contributed by atoms with Crippen LogP contribution in [-0.2, 0) is 6.42 Å². The summed E-state index contributed by atoms with van der Waals surface area (Å²) in [7, 11) is 2.24. The van der Waals surface area contributed by atoms with Crippen molar-refractivity contribution in [1.82, 2.24) is 15.1 Å². The number of nitrogens with zero attached hydrogens (tertiary/aromatic N) is 2. The minimum Gasteiger partial charge on any atom is -0.314 e. The molecule has 0 radical (unpaired) electrons. The van der Waals surface area contributed by atoms with Gasteiger partial charge in [0, 0.05) is 45.3 Å². The molecule has 0 aliphatic carbocycles. The van der Waals surface area contributed by atoms with Crippen LogP contribution in [0.5, 0.6) is 0 Å². The van der Waals surface area contributed by atoms with Gasteiger partial charge in [0.05, 0.1) is 0 Å². The van der Waals surface area contributed by atoms with E-state index in [1.54, 1.807) is 0 Å². The van der Waals surface area contributed by atoms with Gasteiger partial charge in [-0.1, -0.05) is 37.6 Å². The molecule has 1 aliphatic rings. The van der Waals surface area contributed by atoms with Crippen molar-refractivity contribution in [3.63, 3.8) is 0 Å². The van der Waals surface area contributed by atoms with Crippen molar-refractivity contribution < 1.29 is 0 Å². The van der Waals surface area contributed by atoms with Crippen molar-refractivity contribution in [3.8, 4) is 0 Å². The van der Waals surface area contributed by atoms with Gasteiger partial charge in [-0.15, -0.1) is 0 Å². The molecule has 118 valence electrons. The Hall–Kier alpha value is -0.900. The van der Waals surface area contributed by atoms with Crippen LogP contribution in [0.4, 0.5) is 0 Å². The van der Waals surface area contributed by atoms with Gasteiger partial charge in [-0.3, -0.25) is 9.80 Å². The summed E-state index contributed by atoms with van der Waals surface area (Å²) in [4.78, 5) is 5.03. The molecule has 1 aliphatic heterocycles. The molecule has 0 spiro atoms. The Morgan fingerprint density at radius 1 is 1.19 bits per heavy atom. The molecule has 1 heterocycles. The zero-order valence-corrected chi connectivity index (χ0v) is 13.9.